The molecule has 2 rings (SSSR count). The summed E-state index contributed by atoms with van der Waals surface area (Å²) in [6, 6.07) is 6.06. The SMILES string of the molecule is Cc1c[nH]c(C(=O)OC(C)(C)C)c1-c1ccc(F)cc1. The predicted octanol–water partition coefficient (Wildman–Crippen LogP) is 4.08. The molecule has 0 fully saturated rings. The Morgan fingerprint density at radius 3 is 2.35 bits per heavy atom. The molecule has 0 saturated heterocycles. The number of H-pyrrole nitrogens is 1. The number of carbonyl (C=O) groups is 1. The number of esters is 1. The second-order valence-electron chi connectivity index (χ2n) is 5.73. The van der Waals surface area contributed by atoms with Crippen molar-refractivity contribution >= 4 is 5.97 Å². The van der Waals surface area contributed by atoms with Gasteiger partial charge in [0.05, 0.1) is 0 Å². The lowest BCUT2D eigenvalue weighted by molar-refractivity contribution is 0.00645. The third-order valence-corrected chi connectivity index (χ3v) is 2.81. The third kappa shape index (κ3) is 3.07. The van der Waals surface area contributed by atoms with Gasteiger partial charge in [0.2, 0.25) is 0 Å². The Labute approximate surface area is 117 Å². The number of carbonyl (C=O) groups excluding carboxylic acids is 1. The van der Waals surface area contributed by atoms with E-state index in [1.807, 2.05) is 27.7 Å². The Hall–Kier alpha value is -2.10. The van der Waals surface area contributed by atoms with Gasteiger partial charge in [0.1, 0.15) is 17.1 Å². The lowest BCUT2D eigenvalue weighted by atomic mass is 10.0. The predicted molar refractivity (Wildman–Crippen MR) is 76.1 cm³/mol. The summed E-state index contributed by atoms with van der Waals surface area (Å²) < 4.78 is 18.4. The van der Waals surface area contributed by atoms with Gasteiger partial charge in [0.25, 0.3) is 0 Å². The Balaban J connectivity index is 2.42. The van der Waals surface area contributed by atoms with Crippen LogP contribution in [0.5, 0.6) is 0 Å². The van der Waals surface area contributed by atoms with E-state index < -0.39 is 11.6 Å². The summed E-state index contributed by atoms with van der Waals surface area (Å²) in [6.45, 7) is 7.35. The highest BCUT2D eigenvalue weighted by Crippen LogP contribution is 2.28. The molecule has 3 nitrogen and oxygen atoms in total. The molecule has 0 aliphatic carbocycles. The van der Waals surface area contributed by atoms with Gasteiger partial charge >= 0.3 is 5.97 Å². The fourth-order valence-corrected chi connectivity index (χ4v) is 2.00. The Morgan fingerprint density at radius 2 is 1.80 bits per heavy atom. The maximum atomic E-state index is 13.0. The topological polar surface area (TPSA) is 42.1 Å². The summed E-state index contributed by atoms with van der Waals surface area (Å²) in [6.07, 6.45) is 1.75. The van der Waals surface area contributed by atoms with E-state index in [9.17, 15) is 9.18 Å². The fraction of sp³-hybridized carbons (Fsp3) is 0.312. The first kappa shape index (κ1) is 14.3. The van der Waals surface area contributed by atoms with Crippen molar-refractivity contribution in [1.29, 1.82) is 0 Å². The first-order valence-corrected chi connectivity index (χ1v) is 6.45. The second kappa shape index (κ2) is 5.12. The summed E-state index contributed by atoms with van der Waals surface area (Å²) >= 11 is 0. The number of hydrogen-bond donors (Lipinski definition) is 1. The van der Waals surface area contributed by atoms with Gasteiger partial charge in [-0.1, -0.05) is 12.1 Å². The highest BCUT2D eigenvalue weighted by molar-refractivity contribution is 5.96. The molecule has 0 radical (unpaired) electrons. The van der Waals surface area contributed by atoms with Gasteiger partial charge in [-0.2, -0.15) is 0 Å². The molecule has 4 heteroatoms. The molecule has 0 spiro atoms. The summed E-state index contributed by atoms with van der Waals surface area (Å²) in [5, 5.41) is 0. The van der Waals surface area contributed by atoms with Crippen molar-refractivity contribution in [1.82, 2.24) is 4.98 Å². The fourth-order valence-electron chi connectivity index (χ4n) is 2.00. The molecule has 0 atom stereocenters. The van der Waals surface area contributed by atoms with Crippen molar-refractivity contribution < 1.29 is 13.9 Å². The summed E-state index contributed by atoms with van der Waals surface area (Å²) in [4.78, 5) is 15.1. The molecule has 1 aromatic heterocycles. The van der Waals surface area contributed by atoms with E-state index in [1.165, 1.54) is 12.1 Å². The van der Waals surface area contributed by atoms with Gasteiger partial charge in [0, 0.05) is 11.8 Å². The van der Waals surface area contributed by atoms with Crippen LogP contribution in [0.3, 0.4) is 0 Å². The van der Waals surface area contributed by atoms with E-state index in [4.69, 9.17) is 4.74 Å². The van der Waals surface area contributed by atoms with E-state index in [2.05, 4.69) is 4.98 Å². The van der Waals surface area contributed by atoms with Crippen molar-refractivity contribution in [3.8, 4) is 11.1 Å². The van der Waals surface area contributed by atoms with Crippen molar-refractivity contribution in [2.45, 2.75) is 33.3 Å². The number of halogens is 1. The minimum atomic E-state index is -0.559. The standard InChI is InChI=1S/C16H18FNO2/c1-10-9-18-14(15(19)20-16(2,3)4)13(10)11-5-7-12(17)8-6-11/h5-9,18H,1-4H3. The van der Waals surface area contributed by atoms with Crippen LogP contribution < -0.4 is 0 Å². The molecule has 0 aliphatic rings. The van der Waals surface area contributed by atoms with Crippen LogP contribution in [-0.2, 0) is 4.74 Å². The van der Waals surface area contributed by atoms with Crippen LogP contribution in [0.1, 0.15) is 36.8 Å². The maximum Gasteiger partial charge on any atom is 0.355 e. The zero-order valence-electron chi connectivity index (χ0n) is 12.1. The molecule has 0 unspecified atom stereocenters. The van der Waals surface area contributed by atoms with E-state index in [-0.39, 0.29) is 5.82 Å². The average Bonchev–Trinajstić information content (AvgIpc) is 2.70. The zero-order valence-corrected chi connectivity index (χ0v) is 12.1. The van der Waals surface area contributed by atoms with Crippen LogP contribution in [0, 0.1) is 12.7 Å². The molecule has 2 aromatic rings. The van der Waals surface area contributed by atoms with Crippen molar-refractivity contribution in [3.63, 3.8) is 0 Å². The summed E-state index contributed by atoms with van der Waals surface area (Å²) in [5.41, 5.74) is 2.28. The van der Waals surface area contributed by atoms with E-state index in [1.54, 1.807) is 18.3 Å². The largest absolute Gasteiger partial charge is 0.455 e. The smallest absolute Gasteiger partial charge is 0.355 e. The van der Waals surface area contributed by atoms with Crippen LogP contribution in [0.2, 0.25) is 0 Å². The molecule has 0 amide bonds. The van der Waals surface area contributed by atoms with Crippen molar-refractivity contribution in [3.05, 3.63) is 47.5 Å². The lowest BCUT2D eigenvalue weighted by Gasteiger charge is -2.19. The minimum Gasteiger partial charge on any atom is -0.455 e. The number of nitrogens with one attached hydrogen (secondary N) is 1. The lowest BCUT2D eigenvalue weighted by Crippen LogP contribution is -2.24. The Kier molecular flexibility index (Phi) is 3.66. The number of hydrogen-bond acceptors (Lipinski definition) is 2. The second-order valence-corrected chi connectivity index (χ2v) is 5.73. The van der Waals surface area contributed by atoms with E-state index in [0.29, 0.717) is 5.69 Å². The summed E-state index contributed by atoms with van der Waals surface area (Å²) in [7, 11) is 0. The number of aromatic nitrogens is 1. The van der Waals surface area contributed by atoms with Crippen molar-refractivity contribution in [2.24, 2.45) is 0 Å². The van der Waals surface area contributed by atoms with Gasteiger partial charge < -0.3 is 9.72 Å². The number of aryl methyl sites for hydroxylation is 1. The number of rotatable bonds is 2. The van der Waals surface area contributed by atoms with Crippen LogP contribution in [0.15, 0.2) is 30.5 Å². The van der Waals surface area contributed by atoms with E-state index in [0.717, 1.165) is 16.7 Å². The van der Waals surface area contributed by atoms with Crippen LogP contribution in [0.4, 0.5) is 4.39 Å². The highest BCUT2D eigenvalue weighted by Gasteiger charge is 2.23. The van der Waals surface area contributed by atoms with Gasteiger partial charge in [0.15, 0.2) is 0 Å². The first-order chi connectivity index (χ1) is 9.28. The monoisotopic (exact) mass is 275 g/mol. The van der Waals surface area contributed by atoms with Crippen molar-refractivity contribution in [2.75, 3.05) is 0 Å². The van der Waals surface area contributed by atoms with Gasteiger partial charge in [-0.3, -0.25) is 0 Å². The number of aromatic amines is 1. The molecule has 1 aromatic carbocycles. The maximum absolute atomic E-state index is 13.0. The molecular weight excluding hydrogens is 257 g/mol. The van der Waals surface area contributed by atoms with Crippen LogP contribution >= 0.6 is 0 Å². The number of benzene rings is 1. The minimum absolute atomic E-state index is 0.305. The first-order valence-electron chi connectivity index (χ1n) is 6.45. The molecule has 0 bridgehead atoms. The highest BCUT2D eigenvalue weighted by atomic mass is 19.1. The Bertz CT molecular complexity index is 621. The molecule has 0 saturated carbocycles. The number of ether oxygens (including phenoxy) is 1. The van der Waals surface area contributed by atoms with Gasteiger partial charge in [-0.05, 0) is 51.0 Å². The van der Waals surface area contributed by atoms with Crippen LogP contribution in [0.25, 0.3) is 11.1 Å². The third-order valence-electron chi connectivity index (χ3n) is 2.81. The van der Waals surface area contributed by atoms with Crippen LogP contribution in [-0.4, -0.2) is 16.6 Å². The molecule has 1 N–H and O–H groups in total. The molecule has 20 heavy (non-hydrogen) atoms. The van der Waals surface area contributed by atoms with Gasteiger partial charge in [-0.15, -0.1) is 0 Å². The molecule has 1 heterocycles. The Morgan fingerprint density at radius 1 is 1.20 bits per heavy atom. The average molecular weight is 275 g/mol. The molecule has 106 valence electrons. The summed E-state index contributed by atoms with van der Waals surface area (Å²) in [5.74, 6) is -0.717. The molecule has 0 aliphatic heterocycles. The zero-order chi connectivity index (χ0) is 14.9. The quantitative estimate of drug-likeness (QED) is 0.839. The van der Waals surface area contributed by atoms with Gasteiger partial charge in [-0.25, -0.2) is 9.18 Å². The van der Waals surface area contributed by atoms with E-state index >= 15 is 0 Å². The normalized spacial score (nSPS) is 11.4. The molecular formula is C16H18FNO2.